The fourth-order valence-electron chi connectivity index (χ4n) is 0.796. The lowest BCUT2D eigenvalue weighted by Crippen LogP contribution is -1.96. The number of esters is 1. The summed E-state index contributed by atoms with van der Waals surface area (Å²) < 4.78 is 4.53. The number of methoxy groups -OCH3 is 1. The number of aldehydes is 1. The Hall–Kier alpha value is -1.42. The average molecular weight is 196 g/mol. The molecule has 0 spiro atoms. The van der Waals surface area contributed by atoms with E-state index in [0.29, 0.717) is 11.2 Å². The van der Waals surface area contributed by atoms with E-state index in [1.165, 1.54) is 24.5 Å². The van der Waals surface area contributed by atoms with Crippen LogP contribution in [0, 0.1) is 0 Å². The van der Waals surface area contributed by atoms with Crippen LogP contribution >= 0.6 is 11.3 Å². The van der Waals surface area contributed by atoms with Gasteiger partial charge in [-0.1, -0.05) is 6.08 Å². The molecule has 0 bridgehead atoms. The van der Waals surface area contributed by atoms with Crippen molar-refractivity contribution in [2.75, 3.05) is 7.11 Å². The zero-order valence-electron chi connectivity index (χ0n) is 7.02. The van der Waals surface area contributed by atoms with Gasteiger partial charge in [0.1, 0.15) is 11.2 Å². The molecule has 0 N–H and O–H groups in total. The number of allylic oxidation sites excluding steroid dienone is 1. The Labute approximate surface area is 79.6 Å². The third-order valence-electron chi connectivity index (χ3n) is 1.37. The van der Waals surface area contributed by atoms with Crippen molar-refractivity contribution in [1.82, 2.24) is 0 Å². The second-order valence-corrected chi connectivity index (χ2v) is 3.14. The van der Waals surface area contributed by atoms with Gasteiger partial charge >= 0.3 is 5.97 Å². The summed E-state index contributed by atoms with van der Waals surface area (Å²) in [6.45, 7) is 0. The van der Waals surface area contributed by atoms with Crippen LogP contribution in [0.5, 0.6) is 0 Å². The smallest absolute Gasteiger partial charge is 0.348 e. The number of thiophene rings is 1. The second kappa shape index (κ2) is 4.57. The van der Waals surface area contributed by atoms with Crippen LogP contribution in [0.3, 0.4) is 0 Å². The van der Waals surface area contributed by atoms with E-state index >= 15 is 0 Å². The molecule has 0 aliphatic rings. The quantitative estimate of drug-likeness (QED) is 0.420. The minimum Gasteiger partial charge on any atom is -0.465 e. The van der Waals surface area contributed by atoms with E-state index in [-0.39, 0.29) is 5.97 Å². The number of carbonyl (C=O) groups excluding carboxylic acids is 2. The average Bonchev–Trinajstić information content (AvgIpc) is 2.62. The summed E-state index contributed by atoms with van der Waals surface area (Å²) in [6.07, 6.45) is 3.70. The van der Waals surface area contributed by atoms with Gasteiger partial charge in [0, 0.05) is 0 Å². The van der Waals surface area contributed by atoms with E-state index in [4.69, 9.17) is 0 Å². The van der Waals surface area contributed by atoms with Crippen molar-refractivity contribution in [3.63, 3.8) is 0 Å². The molecule has 0 aromatic carbocycles. The molecule has 1 rings (SSSR count). The van der Waals surface area contributed by atoms with Crippen molar-refractivity contribution in [2.24, 2.45) is 0 Å². The zero-order chi connectivity index (χ0) is 9.68. The Bertz CT molecular complexity index is 338. The monoisotopic (exact) mass is 196 g/mol. The Balaban J connectivity index is 2.80. The largest absolute Gasteiger partial charge is 0.465 e. The summed E-state index contributed by atoms with van der Waals surface area (Å²) in [5, 5.41) is 1.78. The molecule has 0 amide bonds. The van der Waals surface area contributed by atoms with E-state index in [1.807, 2.05) is 0 Å². The third kappa shape index (κ3) is 2.52. The van der Waals surface area contributed by atoms with E-state index in [0.717, 1.165) is 5.56 Å². The summed E-state index contributed by atoms with van der Waals surface area (Å²) in [5.41, 5.74) is 0.831. The van der Waals surface area contributed by atoms with Gasteiger partial charge in [-0.15, -0.1) is 11.3 Å². The summed E-state index contributed by atoms with van der Waals surface area (Å²) >= 11 is 1.29. The molecule has 0 atom stereocenters. The highest BCUT2D eigenvalue weighted by atomic mass is 32.1. The molecule has 13 heavy (non-hydrogen) atoms. The number of carbonyl (C=O) groups is 2. The normalized spacial score (nSPS) is 10.2. The van der Waals surface area contributed by atoms with Crippen LogP contribution in [-0.2, 0) is 9.53 Å². The standard InChI is InChI=1S/C9H8O3S/c1-12-9(11)8-5-7(6-13-8)3-2-4-10/h2-6H,1H3. The first-order valence-electron chi connectivity index (χ1n) is 3.56. The molecule has 1 heterocycles. The highest BCUT2D eigenvalue weighted by Crippen LogP contribution is 2.16. The van der Waals surface area contributed by atoms with E-state index in [9.17, 15) is 9.59 Å². The van der Waals surface area contributed by atoms with Crippen molar-refractivity contribution < 1.29 is 14.3 Å². The van der Waals surface area contributed by atoms with Gasteiger partial charge in [0.2, 0.25) is 0 Å². The van der Waals surface area contributed by atoms with Crippen LogP contribution in [0.2, 0.25) is 0 Å². The molecule has 4 heteroatoms. The molecule has 1 aromatic heterocycles. The Morgan fingerprint density at radius 1 is 1.62 bits per heavy atom. The van der Waals surface area contributed by atoms with E-state index in [1.54, 1.807) is 17.5 Å². The number of hydrogen-bond donors (Lipinski definition) is 0. The van der Waals surface area contributed by atoms with Gasteiger partial charge in [0.25, 0.3) is 0 Å². The minimum atomic E-state index is -0.351. The Morgan fingerprint density at radius 3 is 3.00 bits per heavy atom. The molecule has 3 nitrogen and oxygen atoms in total. The van der Waals surface area contributed by atoms with Gasteiger partial charge in [-0.25, -0.2) is 4.79 Å². The first kappa shape index (κ1) is 9.67. The first-order valence-corrected chi connectivity index (χ1v) is 4.44. The van der Waals surface area contributed by atoms with Crippen LogP contribution in [0.1, 0.15) is 15.2 Å². The molecule has 0 radical (unpaired) electrons. The fraction of sp³-hybridized carbons (Fsp3) is 0.111. The maximum absolute atomic E-state index is 11.0. The molecule has 0 fully saturated rings. The van der Waals surface area contributed by atoms with Crippen LogP contribution in [0.25, 0.3) is 6.08 Å². The van der Waals surface area contributed by atoms with Gasteiger partial charge in [-0.05, 0) is 23.1 Å². The second-order valence-electron chi connectivity index (χ2n) is 2.23. The predicted octanol–water partition coefficient (Wildman–Crippen LogP) is 1.75. The van der Waals surface area contributed by atoms with Crippen LogP contribution in [-0.4, -0.2) is 19.4 Å². The van der Waals surface area contributed by atoms with Gasteiger partial charge in [-0.2, -0.15) is 0 Å². The van der Waals surface area contributed by atoms with Crippen molar-refractivity contribution >= 4 is 29.7 Å². The molecular weight excluding hydrogens is 188 g/mol. The fourth-order valence-corrected chi connectivity index (χ4v) is 1.59. The number of rotatable bonds is 3. The topological polar surface area (TPSA) is 43.4 Å². The molecule has 0 aliphatic carbocycles. The lowest BCUT2D eigenvalue weighted by Gasteiger charge is -1.90. The number of hydrogen-bond acceptors (Lipinski definition) is 4. The van der Waals surface area contributed by atoms with Crippen LogP contribution in [0.4, 0.5) is 0 Å². The minimum absolute atomic E-state index is 0.351. The van der Waals surface area contributed by atoms with Crippen molar-refractivity contribution in [3.05, 3.63) is 28.0 Å². The van der Waals surface area contributed by atoms with E-state index in [2.05, 4.69) is 4.74 Å². The van der Waals surface area contributed by atoms with E-state index < -0.39 is 0 Å². The van der Waals surface area contributed by atoms with Gasteiger partial charge in [-0.3, -0.25) is 4.79 Å². The molecule has 0 saturated carbocycles. The molecule has 0 saturated heterocycles. The molecule has 1 aromatic rings. The van der Waals surface area contributed by atoms with Crippen molar-refractivity contribution in [3.8, 4) is 0 Å². The molecule has 0 aliphatic heterocycles. The maximum Gasteiger partial charge on any atom is 0.348 e. The molecule has 68 valence electrons. The summed E-state index contributed by atoms with van der Waals surface area (Å²) in [5.74, 6) is -0.351. The Kier molecular flexibility index (Phi) is 3.40. The Morgan fingerprint density at radius 2 is 2.38 bits per heavy atom. The number of ether oxygens (including phenoxy) is 1. The highest BCUT2D eigenvalue weighted by molar-refractivity contribution is 7.12. The van der Waals surface area contributed by atoms with Crippen molar-refractivity contribution in [2.45, 2.75) is 0 Å². The van der Waals surface area contributed by atoms with Gasteiger partial charge in [0.05, 0.1) is 7.11 Å². The summed E-state index contributed by atoms with van der Waals surface area (Å²) in [4.78, 5) is 21.5. The lowest BCUT2D eigenvalue weighted by atomic mass is 10.3. The van der Waals surface area contributed by atoms with Gasteiger partial charge in [0.15, 0.2) is 0 Å². The SMILES string of the molecule is COC(=O)c1cc(C=CC=O)cs1. The molecular formula is C9H8O3S. The summed E-state index contributed by atoms with van der Waals surface area (Å²) in [6, 6.07) is 1.68. The predicted molar refractivity (Wildman–Crippen MR) is 50.8 cm³/mol. The third-order valence-corrected chi connectivity index (χ3v) is 2.30. The van der Waals surface area contributed by atoms with Crippen molar-refractivity contribution in [1.29, 1.82) is 0 Å². The van der Waals surface area contributed by atoms with Gasteiger partial charge < -0.3 is 4.74 Å². The first-order chi connectivity index (χ1) is 6.27. The lowest BCUT2D eigenvalue weighted by molar-refractivity contribution is -0.104. The maximum atomic E-state index is 11.0. The van der Waals surface area contributed by atoms with Crippen LogP contribution < -0.4 is 0 Å². The zero-order valence-corrected chi connectivity index (χ0v) is 7.84. The molecule has 0 unspecified atom stereocenters. The van der Waals surface area contributed by atoms with Crippen LogP contribution in [0.15, 0.2) is 17.5 Å². The summed E-state index contributed by atoms with van der Waals surface area (Å²) in [7, 11) is 1.34. The highest BCUT2D eigenvalue weighted by Gasteiger charge is 2.06.